The number of nitriles is 1. The van der Waals surface area contributed by atoms with E-state index >= 15 is 0 Å². The summed E-state index contributed by atoms with van der Waals surface area (Å²) in [5, 5.41) is 10.5. The van der Waals surface area contributed by atoms with Crippen LogP contribution in [-0.4, -0.2) is 115 Å². The molecular weight excluding hydrogens is 706 g/mol. The molecule has 1 saturated heterocycles. The maximum atomic E-state index is 13.4. The molecule has 0 N–H and O–H groups in total. The zero-order chi connectivity index (χ0) is 38.9. The number of hydrogen-bond donors (Lipinski definition) is 0. The van der Waals surface area contributed by atoms with Crippen LogP contribution in [0.2, 0.25) is 0 Å². The van der Waals surface area contributed by atoms with Crippen LogP contribution < -0.4 is 4.74 Å². The number of amides is 3. The summed E-state index contributed by atoms with van der Waals surface area (Å²) in [6.07, 6.45) is 0.260. The Labute approximate surface area is 312 Å². The Morgan fingerprint density at radius 2 is 1.66 bits per heavy atom. The van der Waals surface area contributed by atoms with Gasteiger partial charge in [-0.3, -0.25) is 19.2 Å². The van der Waals surface area contributed by atoms with Gasteiger partial charge in [-0.15, -0.1) is 11.3 Å². The third-order valence-electron chi connectivity index (χ3n) is 9.08. The highest BCUT2D eigenvalue weighted by atomic mass is 32.1. The predicted octanol–water partition coefficient (Wildman–Crippen LogP) is 4.15. The molecular formula is C37H45N5O10S. The minimum atomic E-state index is -0.924. The Morgan fingerprint density at radius 3 is 2.34 bits per heavy atom. The van der Waals surface area contributed by atoms with Crippen LogP contribution in [0.1, 0.15) is 65.3 Å². The topological polar surface area (TPSA) is 186 Å². The Balaban J connectivity index is 1.31. The number of thiazole rings is 1. The summed E-state index contributed by atoms with van der Waals surface area (Å²) >= 11 is 1.17. The third kappa shape index (κ3) is 10.6. The zero-order valence-electron chi connectivity index (χ0n) is 30.9. The molecule has 1 aliphatic carbocycles. The number of ether oxygens (including phenoxy) is 3. The van der Waals surface area contributed by atoms with Crippen LogP contribution in [-0.2, 0) is 38.3 Å². The largest absolute Gasteiger partial charge is 0.415 e. The molecule has 1 aliphatic heterocycles. The lowest BCUT2D eigenvalue weighted by molar-refractivity contribution is -0.193. The first-order chi connectivity index (χ1) is 25.1. The third-order valence-corrected chi connectivity index (χ3v) is 10.00. The summed E-state index contributed by atoms with van der Waals surface area (Å²) in [7, 11) is 1.60. The molecule has 0 saturated carbocycles. The first kappa shape index (κ1) is 40.8. The number of carbonyl (C=O) groups is 6. The van der Waals surface area contributed by atoms with E-state index in [1.54, 1.807) is 59.9 Å². The van der Waals surface area contributed by atoms with Gasteiger partial charge in [-0.2, -0.15) is 10.3 Å². The molecule has 15 nitrogen and oxygen atoms in total. The van der Waals surface area contributed by atoms with Crippen molar-refractivity contribution in [1.82, 2.24) is 19.8 Å². The number of hydroxylamine groups is 2. The van der Waals surface area contributed by atoms with Gasteiger partial charge in [-0.1, -0.05) is 13.8 Å². The van der Waals surface area contributed by atoms with E-state index in [0.717, 1.165) is 5.06 Å². The fraction of sp³-hybridized carbons (Fsp3) is 0.514. The Hall–Kier alpha value is -4.98. The van der Waals surface area contributed by atoms with Crippen LogP contribution in [0.4, 0.5) is 4.79 Å². The van der Waals surface area contributed by atoms with Gasteiger partial charge in [0.1, 0.15) is 11.8 Å². The molecule has 2 aromatic rings. The first-order valence-corrected chi connectivity index (χ1v) is 18.1. The van der Waals surface area contributed by atoms with Crippen molar-refractivity contribution in [2.45, 2.75) is 60.3 Å². The van der Waals surface area contributed by atoms with Crippen LogP contribution >= 0.6 is 11.3 Å². The molecule has 0 bridgehead atoms. The summed E-state index contributed by atoms with van der Waals surface area (Å²) in [5.41, 5.74) is 1.14. The molecule has 1 fully saturated rings. The van der Waals surface area contributed by atoms with Gasteiger partial charge >= 0.3 is 12.1 Å². The van der Waals surface area contributed by atoms with E-state index in [4.69, 9.17) is 19.0 Å². The van der Waals surface area contributed by atoms with Crippen LogP contribution in [0.5, 0.6) is 5.75 Å². The SMILES string of the molecule is CC1=C(C)C(=O)C(C(C)(C)CC(=O)N(C)CCN(CCOCCOCCC(=O)ON2CCCC2=O)C(=O)Oc2ccc3nc(C#N)sc3c2)=C(C)C1=O. The highest BCUT2D eigenvalue weighted by molar-refractivity contribution is 7.19. The Kier molecular flexibility index (Phi) is 14.0. The molecule has 0 atom stereocenters. The van der Waals surface area contributed by atoms with E-state index in [0.29, 0.717) is 51.9 Å². The van der Waals surface area contributed by atoms with E-state index in [1.165, 1.54) is 21.1 Å². The maximum Gasteiger partial charge on any atom is 0.415 e. The van der Waals surface area contributed by atoms with Crippen molar-refractivity contribution in [1.29, 1.82) is 5.26 Å². The molecule has 284 valence electrons. The fourth-order valence-electron chi connectivity index (χ4n) is 5.92. The standard InChI is InChI=1S/C37H45N5O10S/c1-23-24(2)35(47)33(25(3)34(23)46)37(4,5)21-31(44)40(6)13-14-41(36(48)51-26-9-10-27-28(20-26)53-29(22-38)39-27)15-17-50-19-18-49-16-11-32(45)52-42-12-7-8-30(42)43/h9-10,20H,7-8,11-19,21H2,1-6H3. The molecule has 2 aliphatic rings. The van der Waals surface area contributed by atoms with Gasteiger partial charge in [-0.05, 0) is 39.3 Å². The molecule has 2 heterocycles. The zero-order valence-corrected chi connectivity index (χ0v) is 31.8. The molecule has 0 radical (unpaired) electrons. The fourth-order valence-corrected chi connectivity index (χ4v) is 6.71. The minimum Gasteiger partial charge on any atom is -0.410 e. The number of carbonyl (C=O) groups excluding carboxylic acids is 6. The molecule has 16 heteroatoms. The summed E-state index contributed by atoms with van der Waals surface area (Å²) in [5.74, 6) is -1.24. The summed E-state index contributed by atoms with van der Waals surface area (Å²) in [4.78, 5) is 88.5. The highest BCUT2D eigenvalue weighted by Gasteiger charge is 2.39. The monoisotopic (exact) mass is 751 g/mol. The van der Waals surface area contributed by atoms with E-state index in [2.05, 4.69) is 4.98 Å². The van der Waals surface area contributed by atoms with Gasteiger partial charge in [0, 0.05) is 73.3 Å². The number of benzene rings is 1. The van der Waals surface area contributed by atoms with Crippen LogP contribution in [0.25, 0.3) is 10.2 Å². The average Bonchev–Trinajstić information content (AvgIpc) is 3.72. The van der Waals surface area contributed by atoms with Crippen LogP contribution in [0.15, 0.2) is 40.5 Å². The lowest BCUT2D eigenvalue weighted by Gasteiger charge is -2.33. The average molecular weight is 752 g/mol. The molecule has 4 rings (SSSR count). The second-order valence-electron chi connectivity index (χ2n) is 13.4. The van der Waals surface area contributed by atoms with Crippen molar-refractivity contribution < 1.29 is 47.8 Å². The predicted molar refractivity (Wildman–Crippen MR) is 192 cm³/mol. The van der Waals surface area contributed by atoms with E-state index in [-0.39, 0.29) is 93.0 Å². The summed E-state index contributed by atoms with van der Waals surface area (Å²) in [6, 6.07) is 6.87. The van der Waals surface area contributed by atoms with Crippen molar-refractivity contribution >= 4 is 57.0 Å². The number of rotatable bonds is 17. The molecule has 0 unspecified atom stereocenters. The quantitative estimate of drug-likeness (QED) is 0.166. The van der Waals surface area contributed by atoms with Gasteiger partial charge in [0.2, 0.25) is 5.91 Å². The summed E-state index contributed by atoms with van der Waals surface area (Å²) in [6.45, 7) is 9.65. The first-order valence-electron chi connectivity index (χ1n) is 17.3. The normalized spacial score (nSPS) is 15.0. The van der Waals surface area contributed by atoms with Crippen molar-refractivity contribution in [2.75, 3.05) is 59.7 Å². The number of nitrogens with zero attached hydrogens (tertiary/aromatic N) is 5. The second kappa shape index (κ2) is 18.2. The molecule has 1 aromatic carbocycles. The number of likely N-dealkylation sites (N-methyl/N-ethyl adjacent to an activating group) is 1. The van der Waals surface area contributed by atoms with E-state index in [9.17, 15) is 34.0 Å². The number of ketones is 2. The van der Waals surface area contributed by atoms with Gasteiger partial charge < -0.3 is 28.8 Å². The Bertz CT molecular complexity index is 1870. The van der Waals surface area contributed by atoms with E-state index in [1.807, 2.05) is 6.07 Å². The van der Waals surface area contributed by atoms with Crippen molar-refractivity contribution in [3.05, 3.63) is 45.5 Å². The smallest absolute Gasteiger partial charge is 0.410 e. The number of hydrogen-bond acceptors (Lipinski definition) is 13. The lowest BCUT2D eigenvalue weighted by atomic mass is 9.71. The van der Waals surface area contributed by atoms with Gasteiger partial charge in [-0.25, -0.2) is 14.6 Å². The number of Topliss-reactive ketones (excluding diaryl/α,β-unsaturated/α-hetero) is 2. The van der Waals surface area contributed by atoms with E-state index < -0.39 is 17.5 Å². The molecule has 3 amide bonds. The van der Waals surface area contributed by atoms with Crippen molar-refractivity contribution in [3.8, 4) is 11.8 Å². The highest BCUT2D eigenvalue weighted by Crippen LogP contribution is 2.39. The van der Waals surface area contributed by atoms with Crippen molar-refractivity contribution in [3.63, 3.8) is 0 Å². The van der Waals surface area contributed by atoms with Gasteiger partial charge in [0.05, 0.1) is 49.6 Å². The van der Waals surface area contributed by atoms with Crippen LogP contribution in [0, 0.1) is 16.7 Å². The number of aromatic nitrogens is 1. The summed E-state index contributed by atoms with van der Waals surface area (Å²) < 4.78 is 17.5. The minimum absolute atomic E-state index is 0.0278. The van der Waals surface area contributed by atoms with Gasteiger partial charge in [0.25, 0.3) is 5.91 Å². The van der Waals surface area contributed by atoms with Crippen LogP contribution in [0.3, 0.4) is 0 Å². The second-order valence-corrected chi connectivity index (χ2v) is 14.5. The molecule has 1 aromatic heterocycles. The van der Waals surface area contributed by atoms with Gasteiger partial charge in [0.15, 0.2) is 16.6 Å². The Morgan fingerprint density at radius 1 is 0.962 bits per heavy atom. The maximum absolute atomic E-state index is 13.4. The molecule has 53 heavy (non-hydrogen) atoms. The lowest BCUT2D eigenvalue weighted by Crippen LogP contribution is -2.43. The number of fused-ring (bicyclic) bond motifs is 1. The number of allylic oxidation sites excluding steroid dienone is 4. The van der Waals surface area contributed by atoms with Crippen molar-refractivity contribution in [2.24, 2.45) is 5.41 Å². The molecule has 0 spiro atoms.